The van der Waals surface area contributed by atoms with Crippen molar-refractivity contribution in [2.24, 2.45) is 0 Å². The lowest BCUT2D eigenvalue weighted by Gasteiger charge is -2.34. The van der Waals surface area contributed by atoms with E-state index < -0.39 is 5.54 Å². The largest absolute Gasteiger partial charge is 0.492 e. The highest BCUT2D eigenvalue weighted by molar-refractivity contribution is 5.85. The Morgan fingerprint density at radius 2 is 1.88 bits per heavy atom. The van der Waals surface area contributed by atoms with Crippen LogP contribution in [0.5, 0.6) is 5.75 Å². The van der Waals surface area contributed by atoms with Crippen LogP contribution < -0.4 is 10.1 Å². The molecule has 0 radical (unpaired) electrons. The fraction of sp³-hybridized carbons (Fsp3) is 0.650. The van der Waals surface area contributed by atoms with Gasteiger partial charge in [-0.15, -0.1) is 0 Å². The maximum Gasteiger partial charge on any atom is 0.239 e. The number of piperazine rings is 1. The minimum absolute atomic E-state index is 0.00784. The van der Waals surface area contributed by atoms with E-state index in [-0.39, 0.29) is 5.91 Å². The average molecular weight is 363 g/mol. The Balaban J connectivity index is 1.91. The molecule has 1 fully saturated rings. The highest BCUT2D eigenvalue weighted by Gasteiger charge is 2.31. The first-order chi connectivity index (χ1) is 12.3. The van der Waals surface area contributed by atoms with Crippen LogP contribution in [0.3, 0.4) is 0 Å². The Labute approximate surface area is 158 Å². The molecule has 0 bridgehead atoms. The zero-order valence-electron chi connectivity index (χ0n) is 16.9. The van der Waals surface area contributed by atoms with Crippen molar-refractivity contribution >= 4 is 5.91 Å². The average Bonchev–Trinajstić information content (AvgIpc) is 2.63. The molecule has 1 N–H and O–H groups in total. The fourth-order valence-electron chi connectivity index (χ4n) is 3.06. The number of nitrogens with one attached hydrogen (secondary N) is 1. The van der Waals surface area contributed by atoms with Gasteiger partial charge in [-0.1, -0.05) is 18.2 Å². The summed E-state index contributed by atoms with van der Waals surface area (Å²) in [6, 6.07) is 8.10. The van der Waals surface area contributed by atoms with Gasteiger partial charge in [-0.25, -0.2) is 0 Å². The van der Waals surface area contributed by atoms with Crippen LogP contribution in [-0.4, -0.2) is 86.6 Å². The number of likely N-dealkylation sites (N-methyl/N-ethyl adjacent to an activating group) is 3. The van der Waals surface area contributed by atoms with Gasteiger partial charge in [0.15, 0.2) is 0 Å². The molecule has 1 aromatic carbocycles. The first kappa shape index (κ1) is 20.7. The normalized spacial score (nSPS) is 16.7. The van der Waals surface area contributed by atoms with Crippen LogP contribution in [-0.2, 0) is 11.3 Å². The number of ether oxygens (including phenoxy) is 1. The van der Waals surface area contributed by atoms with E-state index in [1.165, 1.54) is 0 Å². The number of amides is 1. The Morgan fingerprint density at radius 1 is 1.23 bits per heavy atom. The van der Waals surface area contributed by atoms with Crippen molar-refractivity contribution in [3.8, 4) is 5.75 Å². The van der Waals surface area contributed by atoms with Crippen LogP contribution in [0.4, 0.5) is 0 Å². The molecule has 1 amide bonds. The number of hydrogen-bond acceptors (Lipinski definition) is 5. The van der Waals surface area contributed by atoms with Gasteiger partial charge in [0.25, 0.3) is 0 Å². The summed E-state index contributed by atoms with van der Waals surface area (Å²) < 4.78 is 6.08. The molecule has 1 aliphatic heterocycles. The zero-order valence-corrected chi connectivity index (χ0v) is 16.9. The number of benzene rings is 1. The van der Waals surface area contributed by atoms with E-state index in [2.05, 4.69) is 33.1 Å². The molecule has 0 spiro atoms. The van der Waals surface area contributed by atoms with E-state index in [0.717, 1.165) is 44.0 Å². The minimum atomic E-state index is -0.582. The van der Waals surface area contributed by atoms with E-state index >= 15 is 0 Å². The fourth-order valence-corrected chi connectivity index (χ4v) is 3.06. The lowest BCUT2D eigenvalue weighted by Crippen LogP contribution is -2.52. The topological polar surface area (TPSA) is 48.1 Å². The molecule has 1 aliphatic rings. The van der Waals surface area contributed by atoms with Gasteiger partial charge in [-0.3, -0.25) is 14.6 Å². The quantitative estimate of drug-likeness (QED) is 0.755. The highest BCUT2D eigenvalue weighted by Crippen LogP contribution is 2.23. The second-order valence-electron chi connectivity index (χ2n) is 7.60. The van der Waals surface area contributed by atoms with Crippen LogP contribution >= 0.6 is 0 Å². The van der Waals surface area contributed by atoms with Crippen molar-refractivity contribution in [2.45, 2.75) is 25.9 Å². The SMILES string of the molecule is CNC(=O)C(C)(C)N(C)Cc1ccccc1OCCN1CCN(C)CC1. The highest BCUT2D eigenvalue weighted by atomic mass is 16.5. The number of hydrogen-bond donors (Lipinski definition) is 1. The van der Waals surface area contributed by atoms with Gasteiger partial charge in [-0.05, 0) is 34.0 Å². The molecular formula is C20H34N4O2. The Hall–Kier alpha value is -1.63. The maximum atomic E-state index is 12.1. The van der Waals surface area contributed by atoms with E-state index in [0.29, 0.717) is 13.2 Å². The van der Waals surface area contributed by atoms with Crippen molar-refractivity contribution in [3.05, 3.63) is 29.8 Å². The van der Waals surface area contributed by atoms with Crippen molar-refractivity contribution < 1.29 is 9.53 Å². The maximum absolute atomic E-state index is 12.1. The predicted octanol–water partition coefficient (Wildman–Crippen LogP) is 1.27. The molecule has 0 unspecified atom stereocenters. The van der Waals surface area contributed by atoms with Gasteiger partial charge in [0.2, 0.25) is 5.91 Å². The molecule has 6 heteroatoms. The van der Waals surface area contributed by atoms with Crippen molar-refractivity contribution in [1.82, 2.24) is 20.0 Å². The van der Waals surface area contributed by atoms with Crippen molar-refractivity contribution in [3.63, 3.8) is 0 Å². The predicted molar refractivity (Wildman–Crippen MR) is 105 cm³/mol. The number of para-hydroxylation sites is 1. The second kappa shape index (κ2) is 9.35. The van der Waals surface area contributed by atoms with E-state index in [9.17, 15) is 4.79 Å². The summed E-state index contributed by atoms with van der Waals surface area (Å²) in [5.74, 6) is 0.912. The third-order valence-corrected chi connectivity index (χ3v) is 5.38. The monoisotopic (exact) mass is 362 g/mol. The molecule has 2 rings (SSSR count). The van der Waals surface area contributed by atoms with Gasteiger partial charge >= 0.3 is 0 Å². The summed E-state index contributed by atoms with van der Waals surface area (Å²) in [7, 11) is 5.81. The van der Waals surface area contributed by atoms with E-state index in [1.54, 1.807) is 7.05 Å². The van der Waals surface area contributed by atoms with Gasteiger partial charge < -0.3 is 15.0 Å². The van der Waals surface area contributed by atoms with E-state index in [1.807, 2.05) is 39.1 Å². The van der Waals surface area contributed by atoms with Crippen LogP contribution in [0.25, 0.3) is 0 Å². The second-order valence-corrected chi connectivity index (χ2v) is 7.60. The number of carbonyl (C=O) groups is 1. The minimum Gasteiger partial charge on any atom is -0.492 e. The summed E-state index contributed by atoms with van der Waals surface area (Å²) in [4.78, 5) is 19.0. The summed E-state index contributed by atoms with van der Waals surface area (Å²) in [5, 5.41) is 2.74. The molecule has 6 nitrogen and oxygen atoms in total. The van der Waals surface area contributed by atoms with Crippen LogP contribution in [0.2, 0.25) is 0 Å². The Kier molecular flexibility index (Phi) is 7.43. The Morgan fingerprint density at radius 3 is 2.54 bits per heavy atom. The van der Waals surface area contributed by atoms with Gasteiger partial charge in [0, 0.05) is 51.9 Å². The number of nitrogens with zero attached hydrogens (tertiary/aromatic N) is 3. The van der Waals surface area contributed by atoms with Gasteiger partial charge in [0.05, 0.1) is 5.54 Å². The summed E-state index contributed by atoms with van der Waals surface area (Å²) in [5.41, 5.74) is 0.521. The third kappa shape index (κ3) is 5.43. The molecule has 146 valence electrons. The van der Waals surface area contributed by atoms with Crippen molar-refractivity contribution in [2.75, 3.05) is 60.5 Å². The Bertz CT molecular complexity index is 583. The molecule has 0 aromatic heterocycles. The lowest BCUT2D eigenvalue weighted by molar-refractivity contribution is -0.130. The van der Waals surface area contributed by atoms with Gasteiger partial charge in [0.1, 0.15) is 12.4 Å². The molecule has 0 saturated carbocycles. The summed E-state index contributed by atoms with van der Waals surface area (Å²) >= 11 is 0. The van der Waals surface area contributed by atoms with Crippen LogP contribution in [0.15, 0.2) is 24.3 Å². The molecule has 1 saturated heterocycles. The number of carbonyl (C=O) groups excluding carboxylic acids is 1. The lowest BCUT2D eigenvalue weighted by atomic mass is 10.0. The molecular weight excluding hydrogens is 328 g/mol. The zero-order chi connectivity index (χ0) is 19.2. The standard InChI is InChI=1S/C20H34N4O2/c1-20(2,19(25)21-3)23(5)16-17-8-6-7-9-18(17)26-15-14-24-12-10-22(4)11-13-24/h6-9H,10-16H2,1-5H3,(H,21,25). The smallest absolute Gasteiger partial charge is 0.239 e. The van der Waals surface area contributed by atoms with E-state index in [4.69, 9.17) is 4.74 Å². The molecule has 1 heterocycles. The molecule has 1 aromatic rings. The van der Waals surface area contributed by atoms with Gasteiger partial charge in [-0.2, -0.15) is 0 Å². The third-order valence-electron chi connectivity index (χ3n) is 5.38. The molecule has 0 atom stereocenters. The summed E-state index contributed by atoms with van der Waals surface area (Å²) in [6.07, 6.45) is 0. The molecule has 26 heavy (non-hydrogen) atoms. The molecule has 0 aliphatic carbocycles. The first-order valence-electron chi connectivity index (χ1n) is 9.39. The first-order valence-corrected chi connectivity index (χ1v) is 9.39. The van der Waals surface area contributed by atoms with Crippen molar-refractivity contribution in [1.29, 1.82) is 0 Å². The summed E-state index contributed by atoms with van der Waals surface area (Å²) in [6.45, 7) is 10.6. The van der Waals surface area contributed by atoms with Crippen LogP contribution in [0, 0.1) is 0 Å². The number of rotatable bonds is 8. The van der Waals surface area contributed by atoms with Crippen LogP contribution in [0.1, 0.15) is 19.4 Å².